The van der Waals surface area contributed by atoms with Crippen molar-refractivity contribution in [3.05, 3.63) is 47.3 Å². The predicted molar refractivity (Wildman–Crippen MR) is 94.2 cm³/mol. The Morgan fingerprint density at radius 1 is 0.708 bits per heavy atom. The molecule has 2 aromatic rings. The molecule has 6 nitrogen and oxygen atoms in total. The van der Waals surface area contributed by atoms with Crippen molar-refractivity contribution < 1.29 is 0 Å². The number of aromatic nitrogens is 4. The van der Waals surface area contributed by atoms with Gasteiger partial charge in [-0.25, -0.2) is 19.9 Å². The highest BCUT2D eigenvalue weighted by Gasteiger charge is 2.17. The Morgan fingerprint density at radius 2 is 1.21 bits per heavy atom. The van der Waals surface area contributed by atoms with E-state index in [0.29, 0.717) is 0 Å². The number of hydrogen-bond donors (Lipinski definition) is 2. The quantitative estimate of drug-likeness (QED) is 0.795. The number of anilines is 2. The Labute approximate surface area is 141 Å². The van der Waals surface area contributed by atoms with E-state index in [4.69, 9.17) is 0 Å². The molecule has 0 saturated carbocycles. The van der Waals surface area contributed by atoms with Gasteiger partial charge in [0.25, 0.3) is 0 Å². The third kappa shape index (κ3) is 3.09. The summed E-state index contributed by atoms with van der Waals surface area (Å²) in [6.45, 7) is 1.54. The lowest BCUT2D eigenvalue weighted by Crippen LogP contribution is -2.07. The first-order valence-electron chi connectivity index (χ1n) is 8.70. The maximum Gasteiger partial charge on any atom is 0.133 e. The van der Waals surface area contributed by atoms with Gasteiger partial charge in [-0.1, -0.05) is 12.2 Å². The van der Waals surface area contributed by atoms with Gasteiger partial charge in [0.15, 0.2) is 0 Å². The molecule has 0 amide bonds. The highest BCUT2D eigenvalue weighted by molar-refractivity contribution is 5.49. The molecule has 0 radical (unpaired) electrons. The van der Waals surface area contributed by atoms with Crippen molar-refractivity contribution >= 4 is 11.6 Å². The van der Waals surface area contributed by atoms with Crippen LogP contribution < -0.4 is 10.6 Å². The normalized spacial score (nSPS) is 15.5. The molecule has 2 heterocycles. The molecule has 4 rings (SSSR count). The van der Waals surface area contributed by atoms with Gasteiger partial charge in [0.05, 0.1) is 0 Å². The van der Waals surface area contributed by atoms with Crippen LogP contribution in [-0.2, 0) is 25.7 Å². The second-order valence-corrected chi connectivity index (χ2v) is 6.24. The number of nitrogens with zero attached hydrogens (tertiary/aromatic N) is 4. The Kier molecular flexibility index (Phi) is 4.36. The van der Waals surface area contributed by atoms with Crippen LogP contribution in [0.4, 0.5) is 11.6 Å². The van der Waals surface area contributed by atoms with Gasteiger partial charge in [-0.15, -0.1) is 0 Å². The third-order valence-corrected chi connectivity index (χ3v) is 4.69. The van der Waals surface area contributed by atoms with Gasteiger partial charge in [0.2, 0.25) is 0 Å². The molecule has 0 saturated heterocycles. The van der Waals surface area contributed by atoms with Crippen LogP contribution in [0.2, 0.25) is 0 Å². The summed E-state index contributed by atoms with van der Waals surface area (Å²) in [5.74, 6) is 1.98. The van der Waals surface area contributed by atoms with Gasteiger partial charge in [0, 0.05) is 35.6 Å². The molecule has 0 aliphatic heterocycles. The van der Waals surface area contributed by atoms with Crippen LogP contribution in [0.3, 0.4) is 0 Å². The Morgan fingerprint density at radius 3 is 1.71 bits per heavy atom. The van der Waals surface area contributed by atoms with E-state index in [1.807, 2.05) is 0 Å². The molecular formula is C18H22N6. The average molecular weight is 322 g/mol. The van der Waals surface area contributed by atoms with Gasteiger partial charge >= 0.3 is 0 Å². The SMILES string of the molecule is C(=C\CNc1ncnc2c1CCC2)/CNc1ncnc2c1CCC2. The average Bonchev–Trinajstić information content (AvgIpc) is 3.27. The molecule has 24 heavy (non-hydrogen) atoms. The van der Waals surface area contributed by atoms with E-state index in [0.717, 1.165) is 50.4 Å². The fraction of sp³-hybridized carbons (Fsp3) is 0.444. The highest BCUT2D eigenvalue weighted by atomic mass is 15.0. The lowest BCUT2D eigenvalue weighted by atomic mass is 10.2. The lowest BCUT2D eigenvalue weighted by molar-refractivity contribution is 0.899. The minimum absolute atomic E-state index is 0.771. The van der Waals surface area contributed by atoms with Crippen LogP contribution in [0.1, 0.15) is 35.4 Å². The Hall–Kier alpha value is -2.50. The molecule has 2 aliphatic carbocycles. The summed E-state index contributed by atoms with van der Waals surface area (Å²) in [5.41, 5.74) is 4.99. The first-order chi connectivity index (χ1) is 11.9. The van der Waals surface area contributed by atoms with Crippen molar-refractivity contribution in [3.8, 4) is 0 Å². The first kappa shape index (κ1) is 15.1. The van der Waals surface area contributed by atoms with E-state index >= 15 is 0 Å². The molecule has 0 atom stereocenters. The minimum atomic E-state index is 0.771. The molecule has 6 heteroatoms. The smallest absolute Gasteiger partial charge is 0.133 e. The zero-order valence-electron chi connectivity index (χ0n) is 13.8. The van der Waals surface area contributed by atoms with Crippen molar-refractivity contribution in [2.24, 2.45) is 0 Å². The van der Waals surface area contributed by atoms with Crippen molar-refractivity contribution in [1.29, 1.82) is 0 Å². The van der Waals surface area contributed by atoms with Gasteiger partial charge < -0.3 is 10.6 Å². The molecule has 0 fully saturated rings. The van der Waals surface area contributed by atoms with Gasteiger partial charge in [-0.05, 0) is 38.5 Å². The van der Waals surface area contributed by atoms with Crippen LogP contribution >= 0.6 is 0 Å². The fourth-order valence-corrected chi connectivity index (χ4v) is 3.50. The summed E-state index contributed by atoms with van der Waals surface area (Å²) in [7, 11) is 0. The largest absolute Gasteiger partial charge is 0.366 e. The fourth-order valence-electron chi connectivity index (χ4n) is 3.50. The van der Waals surface area contributed by atoms with Crippen molar-refractivity contribution in [1.82, 2.24) is 19.9 Å². The van der Waals surface area contributed by atoms with E-state index < -0.39 is 0 Å². The van der Waals surface area contributed by atoms with E-state index in [9.17, 15) is 0 Å². The number of hydrogen-bond acceptors (Lipinski definition) is 6. The topological polar surface area (TPSA) is 75.6 Å². The monoisotopic (exact) mass is 322 g/mol. The first-order valence-corrected chi connectivity index (χ1v) is 8.70. The minimum Gasteiger partial charge on any atom is -0.366 e. The molecule has 124 valence electrons. The summed E-state index contributed by atoms with van der Waals surface area (Å²) >= 11 is 0. The van der Waals surface area contributed by atoms with Crippen molar-refractivity contribution in [2.75, 3.05) is 23.7 Å². The van der Waals surface area contributed by atoms with Crippen LogP contribution in [-0.4, -0.2) is 33.0 Å². The molecule has 0 aromatic carbocycles. The van der Waals surface area contributed by atoms with E-state index in [2.05, 4.69) is 42.7 Å². The standard InChI is InChI=1S/C18H22N6/c1(9-19-17-13-5-3-7-15(13)21-11-23-17)2-10-20-18-14-6-4-8-16(14)22-12-24-18/h1-2,11-12H,3-10H2,(H,19,21,23)(H,20,22,24)/b2-1+. The molecule has 2 N–H and O–H groups in total. The molecule has 0 spiro atoms. The number of nitrogens with one attached hydrogen (secondary N) is 2. The summed E-state index contributed by atoms with van der Waals surface area (Å²) in [6, 6.07) is 0. The number of aryl methyl sites for hydroxylation is 2. The second kappa shape index (κ2) is 6.95. The zero-order valence-corrected chi connectivity index (χ0v) is 13.8. The van der Waals surface area contributed by atoms with Crippen LogP contribution in [0.25, 0.3) is 0 Å². The predicted octanol–water partition coefficient (Wildman–Crippen LogP) is 2.32. The molecule has 2 aliphatic rings. The number of rotatable bonds is 6. The second-order valence-electron chi connectivity index (χ2n) is 6.24. The zero-order chi connectivity index (χ0) is 16.2. The van der Waals surface area contributed by atoms with Crippen LogP contribution in [0.5, 0.6) is 0 Å². The van der Waals surface area contributed by atoms with Gasteiger partial charge in [-0.2, -0.15) is 0 Å². The maximum atomic E-state index is 4.37. The van der Waals surface area contributed by atoms with E-state index in [-0.39, 0.29) is 0 Å². The highest BCUT2D eigenvalue weighted by Crippen LogP contribution is 2.25. The third-order valence-electron chi connectivity index (χ3n) is 4.69. The molecular weight excluding hydrogens is 300 g/mol. The summed E-state index contributed by atoms with van der Waals surface area (Å²) in [5, 5.41) is 6.79. The Bertz CT molecular complexity index is 692. The summed E-state index contributed by atoms with van der Waals surface area (Å²) in [6.07, 6.45) is 14.3. The van der Waals surface area contributed by atoms with E-state index in [1.165, 1.54) is 35.4 Å². The van der Waals surface area contributed by atoms with Gasteiger partial charge in [-0.3, -0.25) is 0 Å². The lowest BCUT2D eigenvalue weighted by Gasteiger charge is -2.08. The Balaban J connectivity index is 1.27. The van der Waals surface area contributed by atoms with Gasteiger partial charge in [0.1, 0.15) is 24.3 Å². The van der Waals surface area contributed by atoms with Crippen molar-refractivity contribution in [3.63, 3.8) is 0 Å². The molecule has 0 unspecified atom stereocenters. The summed E-state index contributed by atoms with van der Waals surface area (Å²) < 4.78 is 0. The van der Waals surface area contributed by atoms with Crippen LogP contribution in [0, 0.1) is 0 Å². The maximum absolute atomic E-state index is 4.37. The molecule has 2 aromatic heterocycles. The van der Waals surface area contributed by atoms with Crippen molar-refractivity contribution in [2.45, 2.75) is 38.5 Å². The number of fused-ring (bicyclic) bond motifs is 2. The van der Waals surface area contributed by atoms with Crippen LogP contribution in [0.15, 0.2) is 24.8 Å². The van der Waals surface area contributed by atoms with E-state index in [1.54, 1.807) is 12.7 Å². The summed E-state index contributed by atoms with van der Waals surface area (Å²) in [4.78, 5) is 17.4. The molecule has 0 bridgehead atoms.